The first kappa shape index (κ1) is 19.8. The van der Waals surface area contributed by atoms with Crippen molar-refractivity contribution in [1.82, 2.24) is 0 Å². The van der Waals surface area contributed by atoms with Crippen molar-refractivity contribution in [2.24, 2.45) is 0 Å². The highest BCUT2D eigenvalue weighted by Crippen LogP contribution is 2.49. The minimum atomic E-state index is -3.67. The van der Waals surface area contributed by atoms with Crippen molar-refractivity contribution in [3.63, 3.8) is 0 Å². The third-order valence-corrected chi connectivity index (χ3v) is 5.05. The first-order valence-electron chi connectivity index (χ1n) is 6.77. The number of hydrogen-bond acceptors (Lipinski definition) is 7. The molecule has 0 saturated carbocycles. The lowest BCUT2D eigenvalue weighted by atomic mass is 10.1. The zero-order chi connectivity index (χ0) is 17.5. The Labute approximate surface area is 140 Å². The Balaban J connectivity index is 2.67. The average Bonchev–Trinajstić information content (AvgIpc) is 2.54. The predicted molar refractivity (Wildman–Crippen MR) is 89.2 cm³/mol. The molecule has 0 heterocycles. The van der Waals surface area contributed by atoms with Crippen LogP contribution in [0.2, 0.25) is 0 Å². The van der Waals surface area contributed by atoms with Crippen molar-refractivity contribution in [2.45, 2.75) is 24.8 Å². The molecule has 0 aliphatic carbocycles. The number of rotatable bonds is 8. The van der Waals surface area contributed by atoms with Gasteiger partial charge in [0.25, 0.3) is 0 Å². The Bertz CT molecular complexity index is 590. The van der Waals surface area contributed by atoms with Crippen molar-refractivity contribution < 1.29 is 27.7 Å². The fourth-order valence-electron chi connectivity index (χ4n) is 1.67. The van der Waals surface area contributed by atoms with E-state index in [9.17, 15) is 9.36 Å². The lowest BCUT2D eigenvalue weighted by molar-refractivity contribution is -0.142. The van der Waals surface area contributed by atoms with Gasteiger partial charge in [-0.15, -0.1) is 11.8 Å². The van der Waals surface area contributed by atoms with E-state index in [0.29, 0.717) is 0 Å². The van der Waals surface area contributed by atoms with Crippen molar-refractivity contribution in [3.8, 4) is 0 Å². The molecule has 1 rings (SSSR count). The van der Waals surface area contributed by atoms with Gasteiger partial charge in [0.15, 0.2) is 0 Å². The Morgan fingerprint density at radius 2 is 1.78 bits per heavy atom. The first-order valence-corrected chi connectivity index (χ1v) is 9.46. The Morgan fingerprint density at radius 3 is 2.26 bits per heavy atom. The Morgan fingerprint density at radius 1 is 1.22 bits per heavy atom. The van der Waals surface area contributed by atoms with Gasteiger partial charge in [-0.05, 0) is 37.8 Å². The summed E-state index contributed by atoms with van der Waals surface area (Å²) in [5.41, 5.74) is 0.877. The maximum Gasteiger partial charge on any atom is 0.529 e. The fraction of sp³-hybridized carbons (Fsp3) is 0.400. The van der Waals surface area contributed by atoms with Crippen molar-refractivity contribution >= 4 is 25.6 Å². The van der Waals surface area contributed by atoms with Crippen LogP contribution in [-0.4, -0.2) is 26.4 Å². The van der Waals surface area contributed by atoms with Crippen LogP contribution in [0.5, 0.6) is 0 Å². The summed E-state index contributed by atoms with van der Waals surface area (Å²) < 4.78 is 31.3. The number of benzene rings is 1. The molecule has 1 aromatic carbocycles. The molecule has 0 saturated heterocycles. The van der Waals surface area contributed by atoms with E-state index in [2.05, 4.69) is 9.05 Å². The topological polar surface area (TPSA) is 71.1 Å². The van der Waals surface area contributed by atoms with E-state index in [4.69, 9.17) is 9.26 Å². The number of phosphoric acid groups is 1. The van der Waals surface area contributed by atoms with Crippen LogP contribution < -0.4 is 0 Å². The molecule has 8 heteroatoms. The Kier molecular flexibility index (Phi) is 7.85. The lowest BCUT2D eigenvalue weighted by Crippen LogP contribution is -2.07. The quantitative estimate of drug-likeness (QED) is 0.225. The summed E-state index contributed by atoms with van der Waals surface area (Å²) in [4.78, 5) is 13.0. The number of esters is 1. The first-order chi connectivity index (χ1) is 10.8. The lowest BCUT2D eigenvalue weighted by Gasteiger charge is -2.15. The van der Waals surface area contributed by atoms with Crippen LogP contribution in [0.4, 0.5) is 0 Å². The highest BCUT2D eigenvalue weighted by atomic mass is 32.2. The highest BCUT2D eigenvalue weighted by molar-refractivity contribution is 7.98. The average molecular weight is 360 g/mol. The standard InChI is InChI=1S/C15H21O6PS/c1-11(21-22(17,18-3)19-4)10-15(16)20-12(2)13-6-8-14(23-5)9-7-13/h6-10,12H,1-5H3/b11-10+. The van der Waals surface area contributed by atoms with Crippen molar-refractivity contribution in [2.75, 3.05) is 20.5 Å². The molecule has 23 heavy (non-hydrogen) atoms. The van der Waals surface area contributed by atoms with Crippen LogP contribution in [-0.2, 0) is 27.7 Å². The van der Waals surface area contributed by atoms with Crippen LogP contribution in [0.3, 0.4) is 0 Å². The zero-order valence-corrected chi connectivity index (χ0v) is 15.5. The fourth-order valence-corrected chi connectivity index (χ4v) is 2.78. The molecule has 0 bridgehead atoms. The summed E-state index contributed by atoms with van der Waals surface area (Å²) in [6.07, 6.45) is 2.67. The molecule has 0 aromatic heterocycles. The molecule has 1 atom stereocenters. The third-order valence-electron chi connectivity index (χ3n) is 2.90. The van der Waals surface area contributed by atoms with Crippen LogP contribution in [0, 0.1) is 0 Å². The number of carbonyl (C=O) groups excluding carboxylic acids is 1. The summed E-state index contributed by atoms with van der Waals surface area (Å²) in [6, 6.07) is 7.73. The molecule has 0 radical (unpaired) electrons. The van der Waals surface area contributed by atoms with E-state index in [1.54, 1.807) is 18.7 Å². The number of thioether (sulfide) groups is 1. The smallest absolute Gasteiger partial charge is 0.455 e. The van der Waals surface area contributed by atoms with Gasteiger partial charge in [-0.2, -0.15) is 0 Å². The molecular weight excluding hydrogens is 339 g/mol. The summed E-state index contributed by atoms with van der Waals surface area (Å²) in [7, 11) is -1.29. The van der Waals surface area contributed by atoms with Crippen molar-refractivity contribution in [1.29, 1.82) is 0 Å². The monoisotopic (exact) mass is 360 g/mol. The van der Waals surface area contributed by atoms with E-state index < -0.39 is 19.9 Å². The van der Waals surface area contributed by atoms with Gasteiger partial charge in [0, 0.05) is 19.1 Å². The Hall–Kier alpha value is -1.27. The normalized spacial score (nSPS) is 13.5. The second-order valence-electron chi connectivity index (χ2n) is 4.51. The van der Waals surface area contributed by atoms with E-state index in [1.165, 1.54) is 21.1 Å². The van der Waals surface area contributed by atoms with Gasteiger partial charge >= 0.3 is 13.8 Å². The SMILES string of the molecule is COP(=O)(OC)O/C(C)=C/C(=O)OC(C)c1ccc(SC)cc1. The van der Waals surface area contributed by atoms with E-state index in [0.717, 1.165) is 16.5 Å². The molecule has 0 N–H and O–H groups in total. The molecule has 0 fully saturated rings. The van der Waals surface area contributed by atoms with Gasteiger partial charge in [-0.3, -0.25) is 9.05 Å². The van der Waals surface area contributed by atoms with Crippen LogP contribution in [0.1, 0.15) is 25.5 Å². The summed E-state index contributed by atoms with van der Waals surface area (Å²) in [5.74, 6) is -0.533. The summed E-state index contributed by atoms with van der Waals surface area (Å²) >= 11 is 1.64. The molecule has 0 aliphatic rings. The zero-order valence-electron chi connectivity index (χ0n) is 13.8. The second kappa shape index (κ2) is 9.13. The van der Waals surface area contributed by atoms with E-state index in [1.807, 2.05) is 30.5 Å². The molecule has 1 aromatic rings. The molecule has 0 spiro atoms. The maximum absolute atomic E-state index is 11.9. The molecule has 1 unspecified atom stereocenters. The second-order valence-corrected chi connectivity index (χ2v) is 7.20. The van der Waals surface area contributed by atoms with Crippen LogP contribution >= 0.6 is 19.6 Å². The molecule has 0 aliphatic heterocycles. The van der Waals surface area contributed by atoms with Gasteiger partial charge in [0.2, 0.25) is 0 Å². The minimum Gasteiger partial charge on any atom is -0.455 e. The summed E-state index contributed by atoms with van der Waals surface area (Å²) in [5, 5.41) is 0. The molecule has 6 nitrogen and oxygen atoms in total. The number of hydrogen-bond donors (Lipinski definition) is 0. The van der Waals surface area contributed by atoms with Gasteiger partial charge in [-0.1, -0.05) is 12.1 Å². The molecular formula is C15H21O6PS. The van der Waals surface area contributed by atoms with Crippen molar-refractivity contribution in [3.05, 3.63) is 41.7 Å². The largest absolute Gasteiger partial charge is 0.529 e. The van der Waals surface area contributed by atoms with Gasteiger partial charge in [0.05, 0.1) is 6.08 Å². The van der Waals surface area contributed by atoms with E-state index >= 15 is 0 Å². The minimum absolute atomic E-state index is 0.0759. The molecule has 128 valence electrons. The highest BCUT2D eigenvalue weighted by Gasteiger charge is 2.25. The van der Waals surface area contributed by atoms with Crippen LogP contribution in [0.25, 0.3) is 0 Å². The molecule has 0 amide bonds. The number of ether oxygens (including phenoxy) is 1. The van der Waals surface area contributed by atoms with E-state index in [-0.39, 0.29) is 5.76 Å². The maximum atomic E-state index is 11.9. The predicted octanol–water partition coefficient (Wildman–Crippen LogP) is 4.33. The van der Waals surface area contributed by atoms with Gasteiger partial charge < -0.3 is 9.26 Å². The third kappa shape index (κ3) is 6.39. The van der Waals surface area contributed by atoms with Gasteiger partial charge in [-0.25, -0.2) is 9.36 Å². The van der Waals surface area contributed by atoms with Gasteiger partial charge in [0.1, 0.15) is 11.9 Å². The summed E-state index contributed by atoms with van der Waals surface area (Å²) in [6.45, 7) is 3.23. The number of phosphoric ester groups is 1. The number of carbonyl (C=O) groups is 1. The number of allylic oxidation sites excluding steroid dienone is 1. The van der Waals surface area contributed by atoms with Crippen LogP contribution in [0.15, 0.2) is 41.0 Å².